The van der Waals surface area contributed by atoms with E-state index in [0.717, 1.165) is 35.5 Å². The Morgan fingerprint density at radius 2 is 1.95 bits per heavy atom. The summed E-state index contributed by atoms with van der Waals surface area (Å²) in [5.74, 6) is 0.846. The number of nitrogens with two attached hydrogens (primary N) is 1. The van der Waals surface area contributed by atoms with Crippen LogP contribution >= 0.6 is 0 Å². The average Bonchev–Trinajstić information content (AvgIpc) is 2.79. The van der Waals surface area contributed by atoms with Gasteiger partial charge in [0.15, 0.2) is 0 Å². The lowest BCUT2D eigenvalue weighted by Crippen LogP contribution is -2.36. The van der Waals surface area contributed by atoms with E-state index in [1.165, 1.54) is 0 Å². The second-order valence-corrected chi connectivity index (χ2v) is 5.43. The summed E-state index contributed by atoms with van der Waals surface area (Å²) in [6.07, 6.45) is 1.69. The number of methoxy groups -OCH3 is 1. The molecule has 0 aliphatic heterocycles. The zero-order valence-corrected chi connectivity index (χ0v) is 12.7. The van der Waals surface area contributed by atoms with Crippen LogP contribution in [-0.4, -0.2) is 16.9 Å². The first kappa shape index (κ1) is 14.6. The Morgan fingerprint density at radius 1 is 1.30 bits per heavy atom. The number of aryl methyl sites for hydroxylation is 2. The van der Waals surface area contributed by atoms with Gasteiger partial charge in [0, 0.05) is 24.7 Å². The molecule has 2 N–H and O–H groups in total. The summed E-state index contributed by atoms with van der Waals surface area (Å²) in [5.41, 5.74) is 9.43. The lowest BCUT2D eigenvalue weighted by molar-refractivity contribution is 0.413. The van der Waals surface area contributed by atoms with Crippen LogP contribution in [0.4, 0.5) is 0 Å². The summed E-state index contributed by atoms with van der Waals surface area (Å²) in [6.45, 7) is 4.16. The molecule has 0 spiro atoms. The van der Waals surface area contributed by atoms with Crippen LogP contribution in [0.5, 0.6) is 5.75 Å². The van der Waals surface area contributed by atoms with Gasteiger partial charge in [-0.2, -0.15) is 5.10 Å². The van der Waals surface area contributed by atoms with Crippen molar-refractivity contribution in [1.29, 1.82) is 0 Å². The first-order valence-corrected chi connectivity index (χ1v) is 6.91. The van der Waals surface area contributed by atoms with Gasteiger partial charge in [-0.3, -0.25) is 4.68 Å². The van der Waals surface area contributed by atoms with Gasteiger partial charge in [-0.05, 0) is 37.1 Å². The van der Waals surface area contributed by atoms with Crippen molar-refractivity contribution in [3.8, 4) is 5.75 Å². The van der Waals surface area contributed by atoms with E-state index in [-0.39, 0.29) is 0 Å². The molecule has 2 aromatic rings. The lowest BCUT2D eigenvalue weighted by Gasteiger charge is -2.25. The quantitative estimate of drug-likeness (QED) is 0.910. The number of hydrogen-bond donors (Lipinski definition) is 1. The van der Waals surface area contributed by atoms with Gasteiger partial charge in [-0.25, -0.2) is 0 Å². The molecule has 0 saturated heterocycles. The van der Waals surface area contributed by atoms with E-state index in [9.17, 15) is 0 Å². The van der Waals surface area contributed by atoms with Crippen molar-refractivity contribution in [1.82, 2.24) is 9.78 Å². The summed E-state index contributed by atoms with van der Waals surface area (Å²) in [4.78, 5) is 0. The molecule has 0 saturated carbocycles. The molecule has 0 fully saturated rings. The third kappa shape index (κ3) is 3.02. The number of nitrogens with zero attached hydrogens (tertiary/aromatic N) is 2. The fourth-order valence-corrected chi connectivity index (χ4v) is 2.36. The molecular weight excluding hydrogens is 250 g/mol. The van der Waals surface area contributed by atoms with Crippen LogP contribution in [0, 0.1) is 0 Å². The van der Waals surface area contributed by atoms with Crippen LogP contribution in [0.25, 0.3) is 0 Å². The highest BCUT2D eigenvalue weighted by molar-refractivity contribution is 5.32. The molecule has 1 heterocycles. The minimum atomic E-state index is -0.426. The van der Waals surface area contributed by atoms with E-state index in [2.05, 4.69) is 18.1 Å². The lowest BCUT2D eigenvalue weighted by atomic mass is 9.88. The summed E-state index contributed by atoms with van der Waals surface area (Å²) < 4.78 is 7.11. The van der Waals surface area contributed by atoms with Crippen LogP contribution in [0.3, 0.4) is 0 Å². The van der Waals surface area contributed by atoms with Gasteiger partial charge < -0.3 is 10.5 Å². The van der Waals surface area contributed by atoms with Crippen molar-refractivity contribution >= 4 is 0 Å². The highest BCUT2D eigenvalue weighted by Crippen LogP contribution is 2.25. The molecular formula is C16H23N3O. The molecule has 1 unspecified atom stereocenters. The number of ether oxygens (including phenoxy) is 1. The fourth-order valence-electron chi connectivity index (χ4n) is 2.36. The third-order valence-electron chi connectivity index (χ3n) is 3.69. The second kappa shape index (κ2) is 5.67. The van der Waals surface area contributed by atoms with Gasteiger partial charge in [0.1, 0.15) is 5.75 Å². The second-order valence-electron chi connectivity index (χ2n) is 5.43. The van der Waals surface area contributed by atoms with Crippen molar-refractivity contribution < 1.29 is 4.74 Å². The molecule has 0 aliphatic carbocycles. The normalized spacial score (nSPS) is 14.1. The Labute approximate surface area is 120 Å². The number of hydrogen-bond acceptors (Lipinski definition) is 3. The standard InChI is InChI=1S/C16H23N3O/c1-5-13-10-14(19(3)18-13)11-16(2,17)12-6-8-15(20-4)9-7-12/h6-10H,5,11,17H2,1-4H3. The predicted molar refractivity (Wildman–Crippen MR) is 80.8 cm³/mol. The van der Waals surface area contributed by atoms with E-state index >= 15 is 0 Å². The van der Waals surface area contributed by atoms with Crippen molar-refractivity contribution in [3.05, 3.63) is 47.3 Å². The topological polar surface area (TPSA) is 53.1 Å². The maximum atomic E-state index is 6.50. The summed E-state index contributed by atoms with van der Waals surface area (Å²) in [5, 5.41) is 4.48. The third-order valence-corrected chi connectivity index (χ3v) is 3.69. The SMILES string of the molecule is CCc1cc(CC(C)(N)c2ccc(OC)cc2)n(C)n1. The van der Waals surface area contributed by atoms with Crippen molar-refractivity contribution in [2.24, 2.45) is 12.8 Å². The Hall–Kier alpha value is -1.81. The number of benzene rings is 1. The molecule has 1 atom stereocenters. The van der Waals surface area contributed by atoms with Crippen LogP contribution in [0.2, 0.25) is 0 Å². The average molecular weight is 273 g/mol. The van der Waals surface area contributed by atoms with E-state index in [1.807, 2.05) is 42.9 Å². The van der Waals surface area contributed by atoms with Crippen molar-refractivity contribution in [2.75, 3.05) is 7.11 Å². The van der Waals surface area contributed by atoms with E-state index in [1.54, 1.807) is 7.11 Å². The summed E-state index contributed by atoms with van der Waals surface area (Å²) in [7, 11) is 3.64. The van der Waals surface area contributed by atoms with Gasteiger partial charge in [0.05, 0.1) is 12.8 Å². The first-order chi connectivity index (χ1) is 9.46. The molecule has 0 bridgehead atoms. The maximum absolute atomic E-state index is 6.50. The van der Waals surface area contributed by atoms with E-state index in [0.29, 0.717) is 0 Å². The minimum Gasteiger partial charge on any atom is -0.497 e. The zero-order chi connectivity index (χ0) is 14.8. The van der Waals surface area contributed by atoms with Crippen LogP contribution in [0.15, 0.2) is 30.3 Å². The largest absolute Gasteiger partial charge is 0.497 e. The predicted octanol–water partition coefficient (Wildman–Crippen LogP) is 2.41. The van der Waals surface area contributed by atoms with Gasteiger partial charge in [-0.15, -0.1) is 0 Å². The van der Waals surface area contributed by atoms with Crippen molar-refractivity contribution in [2.45, 2.75) is 32.2 Å². The van der Waals surface area contributed by atoms with Crippen molar-refractivity contribution in [3.63, 3.8) is 0 Å². The molecule has 20 heavy (non-hydrogen) atoms. The monoisotopic (exact) mass is 273 g/mol. The number of aromatic nitrogens is 2. The zero-order valence-electron chi connectivity index (χ0n) is 12.7. The molecule has 0 radical (unpaired) electrons. The Kier molecular flexibility index (Phi) is 4.14. The van der Waals surface area contributed by atoms with Gasteiger partial charge in [0.25, 0.3) is 0 Å². The molecule has 1 aromatic heterocycles. The Bertz CT molecular complexity index is 570. The smallest absolute Gasteiger partial charge is 0.118 e. The van der Waals surface area contributed by atoms with E-state index < -0.39 is 5.54 Å². The minimum absolute atomic E-state index is 0.426. The number of rotatable bonds is 5. The molecule has 0 aliphatic rings. The maximum Gasteiger partial charge on any atom is 0.118 e. The van der Waals surface area contributed by atoms with Crippen LogP contribution < -0.4 is 10.5 Å². The van der Waals surface area contributed by atoms with Crippen LogP contribution in [0.1, 0.15) is 30.8 Å². The molecule has 4 nitrogen and oxygen atoms in total. The van der Waals surface area contributed by atoms with Crippen LogP contribution in [-0.2, 0) is 25.4 Å². The van der Waals surface area contributed by atoms with E-state index in [4.69, 9.17) is 10.5 Å². The molecule has 108 valence electrons. The van der Waals surface area contributed by atoms with Gasteiger partial charge in [-0.1, -0.05) is 19.1 Å². The Morgan fingerprint density at radius 3 is 2.45 bits per heavy atom. The molecule has 1 aromatic carbocycles. The highest BCUT2D eigenvalue weighted by atomic mass is 16.5. The van der Waals surface area contributed by atoms with Gasteiger partial charge in [0.2, 0.25) is 0 Å². The summed E-state index contributed by atoms with van der Waals surface area (Å²) in [6, 6.07) is 10.1. The molecule has 0 amide bonds. The summed E-state index contributed by atoms with van der Waals surface area (Å²) >= 11 is 0. The molecule has 2 rings (SSSR count). The fraction of sp³-hybridized carbons (Fsp3) is 0.438. The first-order valence-electron chi connectivity index (χ1n) is 6.91. The Balaban J connectivity index is 2.22. The molecule has 4 heteroatoms. The van der Waals surface area contributed by atoms with Gasteiger partial charge >= 0.3 is 0 Å². The highest BCUT2D eigenvalue weighted by Gasteiger charge is 2.23.